The Morgan fingerprint density at radius 1 is 1.03 bits per heavy atom. The van der Waals surface area contributed by atoms with E-state index in [0.717, 1.165) is 21.4 Å². The molecule has 0 unspecified atom stereocenters. The Morgan fingerprint density at radius 2 is 1.76 bits per heavy atom. The third-order valence-corrected chi connectivity index (χ3v) is 8.10. The molecule has 7 nitrogen and oxygen atoms in total. The van der Waals surface area contributed by atoms with Gasteiger partial charge in [0.05, 0.1) is 41.4 Å². The maximum Gasteiger partial charge on any atom is 0.338 e. The third-order valence-electron chi connectivity index (χ3n) is 5.70. The molecule has 0 atom stereocenters. The van der Waals surface area contributed by atoms with Gasteiger partial charge in [-0.1, -0.05) is 11.8 Å². The first-order valence-electron chi connectivity index (χ1n) is 11.4. The Labute approximate surface area is 222 Å². The molecule has 188 valence electrons. The van der Waals surface area contributed by atoms with Gasteiger partial charge in [0.25, 0.3) is 5.91 Å². The Morgan fingerprint density at radius 3 is 2.43 bits per heavy atom. The number of methoxy groups -OCH3 is 1. The molecule has 3 aromatic carbocycles. The average Bonchev–Trinajstić information content (AvgIpc) is 3.40. The largest absolute Gasteiger partial charge is 0.497 e. The first-order chi connectivity index (χ1) is 17.9. The zero-order valence-electron chi connectivity index (χ0n) is 20.2. The van der Waals surface area contributed by atoms with Gasteiger partial charge in [0.15, 0.2) is 5.17 Å². The second-order valence-electron chi connectivity index (χ2n) is 8.01. The summed E-state index contributed by atoms with van der Waals surface area (Å²) >= 11 is 2.75. The number of hydrogen-bond donors (Lipinski definition) is 0. The highest BCUT2D eigenvalue weighted by molar-refractivity contribution is 8.20. The number of anilines is 2. The minimum Gasteiger partial charge on any atom is -0.497 e. The van der Waals surface area contributed by atoms with E-state index in [1.807, 2.05) is 30.1 Å². The van der Waals surface area contributed by atoms with Crippen molar-refractivity contribution in [3.63, 3.8) is 0 Å². The van der Waals surface area contributed by atoms with Crippen LogP contribution in [0, 0.1) is 5.82 Å². The lowest BCUT2D eigenvalue weighted by atomic mass is 10.2. The number of thioether (sulfide) groups is 2. The van der Waals surface area contributed by atoms with Gasteiger partial charge in [0.1, 0.15) is 16.5 Å². The van der Waals surface area contributed by atoms with Crippen LogP contribution in [-0.4, -0.2) is 37.8 Å². The number of amides is 1. The summed E-state index contributed by atoms with van der Waals surface area (Å²) in [6.07, 6.45) is 0. The summed E-state index contributed by atoms with van der Waals surface area (Å²) < 4.78 is 24.1. The van der Waals surface area contributed by atoms with Crippen molar-refractivity contribution in [3.05, 3.63) is 88.0 Å². The van der Waals surface area contributed by atoms with Gasteiger partial charge in [0.2, 0.25) is 0 Å². The van der Waals surface area contributed by atoms with Crippen LogP contribution < -0.4 is 14.5 Å². The number of benzene rings is 3. The number of hydrogen-bond acceptors (Lipinski definition) is 8. The van der Waals surface area contributed by atoms with Crippen LogP contribution in [0.3, 0.4) is 0 Å². The molecule has 2 aliphatic rings. The van der Waals surface area contributed by atoms with Gasteiger partial charge in [0, 0.05) is 18.0 Å². The number of amidine groups is 1. The predicted molar refractivity (Wildman–Crippen MR) is 145 cm³/mol. The van der Waals surface area contributed by atoms with E-state index >= 15 is 0 Å². The molecule has 3 aromatic rings. The van der Waals surface area contributed by atoms with Crippen molar-refractivity contribution in [3.8, 4) is 5.75 Å². The number of ether oxygens (including phenoxy) is 2. The zero-order valence-corrected chi connectivity index (χ0v) is 21.9. The molecule has 1 amide bonds. The molecule has 0 spiro atoms. The number of rotatable bonds is 5. The minimum atomic E-state index is -0.412. The fourth-order valence-corrected chi connectivity index (χ4v) is 6.17. The van der Waals surface area contributed by atoms with Gasteiger partial charge in [-0.2, -0.15) is 0 Å². The van der Waals surface area contributed by atoms with Crippen molar-refractivity contribution in [2.75, 3.05) is 30.6 Å². The number of fused-ring (bicyclic) bond motifs is 1. The molecule has 37 heavy (non-hydrogen) atoms. The van der Waals surface area contributed by atoms with Crippen LogP contribution >= 0.6 is 23.5 Å². The first-order valence-corrected chi connectivity index (χ1v) is 13.0. The normalized spacial score (nSPS) is 17.9. The van der Waals surface area contributed by atoms with Crippen LogP contribution in [0.15, 0.2) is 86.6 Å². The van der Waals surface area contributed by atoms with Crippen LogP contribution in [0.4, 0.5) is 21.5 Å². The van der Waals surface area contributed by atoms with E-state index in [4.69, 9.17) is 14.5 Å². The number of aliphatic imine (C=N–C) groups is 1. The lowest BCUT2D eigenvalue weighted by Crippen LogP contribution is -2.29. The molecular formula is C27H22FN3O4S2. The van der Waals surface area contributed by atoms with Gasteiger partial charge in [-0.15, -0.1) is 0 Å². The van der Waals surface area contributed by atoms with Crippen molar-refractivity contribution >= 4 is 57.6 Å². The molecular weight excluding hydrogens is 513 g/mol. The molecule has 2 aliphatic heterocycles. The summed E-state index contributed by atoms with van der Waals surface area (Å²) in [4.78, 5) is 35.4. The summed E-state index contributed by atoms with van der Waals surface area (Å²) in [5.74, 6) is -0.341. The number of carbonyl (C=O) groups is 2. The van der Waals surface area contributed by atoms with Crippen molar-refractivity contribution in [2.45, 2.75) is 11.8 Å². The van der Waals surface area contributed by atoms with E-state index in [-0.39, 0.29) is 12.5 Å². The second-order valence-corrected chi connectivity index (χ2v) is 10.0. The van der Waals surface area contributed by atoms with Gasteiger partial charge < -0.3 is 14.4 Å². The van der Waals surface area contributed by atoms with Crippen molar-refractivity contribution in [2.24, 2.45) is 4.99 Å². The smallest absolute Gasteiger partial charge is 0.338 e. The Kier molecular flexibility index (Phi) is 6.94. The molecule has 0 saturated carbocycles. The van der Waals surface area contributed by atoms with Crippen molar-refractivity contribution in [1.29, 1.82) is 0 Å². The van der Waals surface area contributed by atoms with E-state index in [1.165, 1.54) is 40.6 Å². The fourth-order valence-electron chi connectivity index (χ4n) is 3.84. The number of esters is 1. The number of carbonyl (C=O) groups excluding carboxylic acids is 2. The molecule has 0 N–H and O–H groups in total. The fraction of sp³-hybridized carbons (Fsp3) is 0.148. The van der Waals surface area contributed by atoms with E-state index in [0.29, 0.717) is 27.0 Å². The zero-order chi connectivity index (χ0) is 26.1. The highest BCUT2D eigenvalue weighted by Gasteiger charge is 2.40. The minimum absolute atomic E-state index is 0.257. The number of nitrogens with zero attached hydrogens (tertiary/aromatic N) is 3. The lowest BCUT2D eigenvalue weighted by Gasteiger charge is -2.17. The van der Waals surface area contributed by atoms with Crippen molar-refractivity contribution < 1.29 is 23.5 Å². The standard InChI is InChI=1S/C27H22FN3O4S2/c1-4-35-26(33)16-5-9-18(10-6-16)29-27-31(19-11-7-17(28)8-12-19)24(32)23(37-27)25-30(2)21-15-20(34-3)13-14-22(21)36-25/h5-15H,4H2,1-3H3/b25-23-,29-27?. The molecule has 2 heterocycles. The Bertz CT molecular complexity index is 1440. The van der Waals surface area contributed by atoms with Crippen LogP contribution in [0.1, 0.15) is 17.3 Å². The molecule has 1 saturated heterocycles. The molecule has 0 bridgehead atoms. The van der Waals surface area contributed by atoms with Gasteiger partial charge in [-0.25, -0.2) is 14.2 Å². The predicted octanol–water partition coefficient (Wildman–Crippen LogP) is 6.19. The van der Waals surface area contributed by atoms with Gasteiger partial charge >= 0.3 is 5.97 Å². The Balaban J connectivity index is 1.54. The summed E-state index contributed by atoms with van der Waals surface area (Å²) in [5, 5.41) is 1.19. The van der Waals surface area contributed by atoms with Crippen LogP contribution in [0.25, 0.3) is 0 Å². The SMILES string of the molecule is CCOC(=O)c1ccc(N=C2S/C(=C3\Sc4ccc(OC)cc4N3C)C(=O)N2c2ccc(F)cc2)cc1. The quantitative estimate of drug-likeness (QED) is 0.285. The summed E-state index contributed by atoms with van der Waals surface area (Å²) in [6, 6.07) is 18.1. The monoisotopic (exact) mass is 535 g/mol. The maximum absolute atomic E-state index is 13.8. The van der Waals surface area contributed by atoms with E-state index in [9.17, 15) is 14.0 Å². The molecule has 5 rings (SSSR count). The topological polar surface area (TPSA) is 71.4 Å². The Hall–Kier alpha value is -3.76. The van der Waals surface area contributed by atoms with Crippen LogP contribution in [-0.2, 0) is 9.53 Å². The third kappa shape index (κ3) is 4.82. The first kappa shape index (κ1) is 24.9. The summed E-state index contributed by atoms with van der Waals surface area (Å²) in [5.41, 5.74) is 2.41. The highest BCUT2D eigenvalue weighted by atomic mass is 32.2. The summed E-state index contributed by atoms with van der Waals surface area (Å²) in [7, 11) is 3.52. The van der Waals surface area contributed by atoms with E-state index in [1.54, 1.807) is 50.4 Å². The van der Waals surface area contributed by atoms with Gasteiger partial charge in [-0.3, -0.25) is 9.69 Å². The molecule has 0 aliphatic carbocycles. The lowest BCUT2D eigenvalue weighted by molar-refractivity contribution is -0.113. The molecule has 10 heteroatoms. The average molecular weight is 536 g/mol. The molecule has 0 radical (unpaired) electrons. The van der Waals surface area contributed by atoms with Crippen molar-refractivity contribution in [1.82, 2.24) is 0 Å². The van der Waals surface area contributed by atoms with E-state index in [2.05, 4.69) is 0 Å². The molecule has 1 fully saturated rings. The second kappa shape index (κ2) is 10.3. The van der Waals surface area contributed by atoms with Crippen LogP contribution in [0.2, 0.25) is 0 Å². The highest BCUT2D eigenvalue weighted by Crippen LogP contribution is 2.51. The van der Waals surface area contributed by atoms with Crippen LogP contribution in [0.5, 0.6) is 5.75 Å². The number of halogens is 1. The van der Waals surface area contributed by atoms with Gasteiger partial charge in [-0.05, 0) is 79.3 Å². The maximum atomic E-state index is 13.8. The summed E-state index contributed by atoms with van der Waals surface area (Å²) in [6.45, 7) is 2.03. The molecule has 0 aromatic heterocycles. The van der Waals surface area contributed by atoms with E-state index < -0.39 is 11.8 Å².